The number of anilines is 1. The molecule has 0 aromatic heterocycles. The highest BCUT2D eigenvalue weighted by molar-refractivity contribution is 6.32. The number of amides is 1. The lowest BCUT2D eigenvalue weighted by molar-refractivity contribution is -0.120. The van der Waals surface area contributed by atoms with E-state index < -0.39 is 0 Å². The summed E-state index contributed by atoms with van der Waals surface area (Å²) in [7, 11) is 3.08. The van der Waals surface area contributed by atoms with Crippen LogP contribution in [0.15, 0.2) is 12.1 Å². The molecular formula is C14H19ClN2O3. The van der Waals surface area contributed by atoms with Crippen molar-refractivity contribution >= 4 is 23.2 Å². The zero-order valence-electron chi connectivity index (χ0n) is 11.7. The molecule has 0 bridgehead atoms. The number of carbonyl (C=O) groups excluding carboxylic acids is 1. The van der Waals surface area contributed by atoms with Gasteiger partial charge in [0.1, 0.15) is 11.5 Å². The molecule has 1 amide bonds. The summed E-state index contributed by atoms with van der Waals surface area (Å²) in [5.74, 6) is 1.09. The van der Waals surface area contributed by atoms with Gasteiger partial charge in [0.05, 0.1) is 24.9 Å². The molecule has 2 rings (SSSR count). The van der Waals surface area contributed by atoms with E-state index in [1.165, 1.54) is 7.11 Å². The Morgan fingerprint density at radius 2 is 1.90 bits per heavy atom. The molecule has 1 saturated heterocycles. The number of rotatable bonds is 4. The lowest BCUT2D eigenvalue weighted by Gasteiger charge is -2.22. The van der Waals surface area contributed by atoms with Gasteiger partial charge in [-0.1, -0.05) is 11.6 Å². The zero-order valence-corrected chi connectivity index (χ0v) is 12.4. The molecule has 5 nitrogen and oxygen atoms in total. The lowest BCUT2D eigenvalue weighted by atomic mass is 9.97. The average molecular weight is 299 g/mol. The number of halogens is 1. The van der Waals surface area contributed by atoms with Crippen molar-refractivity contribution in [3.05, 3.63) is 17.2 Å². The van der Waals surface area contributed by atoms with Gasteiger partial charge in [0.2, 0.25) is 5.91 Å². The Balaban J connectivity index is 2.15. The van der Waals surface area contributed by atoms with E-state index in [9.17, 15) is 4.79 Å². The molecule has 0 atom stereocenters. The maximum atomic E-state index is 12.2. The molecular weight excluding hydrogens is 280 g/mol. The second-order valence-electron chi connectivity index (χ2n) is 4.70. The third-order valence-electron chi connectivity index (χ3n) is 3.44. The van der Waals surface area contributed by atoms with Crippen LogP contribution in [0.4, 0.5) is 5.69 Å². The van der Waals surface area contributed by atoms with Crippen LogP contribution in [0.3, 0.4) is 0 Å². The van der Waals surface area contributed by atoms with Crippen molar-refractivity contribution in [3.63, 3.8) is 0 Å². The standard InChI is InChI=1S/C14H19ClN2O3/c1-19-12-8-13(20-2)11(7-10(12)15)17-14(18)9-3-5-16-6-4-9/h7-9,16H,3-6H2,1-2H3,(H,17,18). The minimum Gasteiger partial charge on any atom is -0.495 e. The summed E-state index contributed by atoms with van der Waals surface area (Å²) in [5.41, 5.74) is 0.571. The van der Waals surface area contributed by atoms with Crippen LogP contribution in [-0.4, -0.2) is 33.2 Å². The van der Waals surface area contributed by atoms with E-state index in [-0.39, 0.29) is 11.8 Å². The molecule has 2 N–H and O–H groups in total. The maximum absolute atomic E-state index is 12.2. The fourth-order valence-corrected chi connectivity index (χ4v) is 2.52. The van der Waals surface area contributed by atoms with E-state index >= 15 is 0 Å². The quantitative estimate of drug-likeness (QED) is 0.895. The summed E-state index contributed by atoms with van der Waals surface area (Å²) in [6.07, 6.45) is 1.69. The predicted molar refractivity (Wildman–Crippen MR) is 78.8 cm³/mol. The molecule has 1 aliphatic rings. The molecule has 0 unspecified atom stereocenters. The Labute approximate surface area is 123 Å². The van der Waals surface area contributed by atoms with Crippen LogP contribution in [0, 0.1) is 5.92 Å². The summed E-state index contributed by atoms with van der Waals surface area (Å²) < 4.78 is 10.4. The fraction of sp³-hybridized carbons (Fsp3) is 0.500. The number of carbonyl (C=O) groups is 1. The first kappa shape index (κ1) is 14.9. The molecule has 0 radical (unpaired) electrons. The first-order valence-corrected chi connectivity index (χ1v) is 6.96. The van der Waals surface area contributed by atoms with Crippen LogP contribution in [0.1, 0.15) is 12.8 Å². The number of hydrogen-bond donors (Lipinski definition) is 2. The van der Waals surface area contributed by atoms with E-state index in [1.807, 2.05) is 0 Å². The second-order valence-corrected chi connectivity index (χ2v) is 5.11. The Morgan fingerprint density at radius 3 is 2.50 bits per heavy atom. The van der Waals surface area contributed by atoms with Gasteiger partial charge in [0.15, 0.2) is 0 Å². The molecule has 1 aromatic rings. The minimum atomic E-state index is 0.00559. The molecule has 6 heteroatoms. The minimum absolute atomic E-state index is 0.00559. The van der Waals surface area contributed by atoms with Crippen molar-refractivity contribution in [1.29, 1.82) is 0 Å². The fourth-order valence-electron chi connectivity index (χ4n) is 2.28. The van der Waals surface area contributed by atoms with Gasteiger partial charge in [0.25, 0.3) is 0 Å². The van der Waals surface area contributed by atoms with Crippen molar-refractivity contribution in [2.24, 2.45) is 5.92 Å². The molecule has 0 saturated carbocycles. The summed E-state index contributed by atoms with van der Waals surface area (Å²) in [6, 6.07) is 3.32. The first-order chi connectivity index (χ1) is 9.65. The third kappa shape index (κ3) is 3.35. The second kappa shape index (κ2) is 6.81. The highest BCUT2D eigenvalue weighted by Crippen LogP contribution is 2.36. The largest absolute Gasteiger partial charge is 0.495 e. The third-order valence-corrected chi connectivity index (χ3v) is 3.74. The lowest BCUT2D eigenvalue weighted by Crippen LogP contribution is -2.34. The Morgan fingerprint density at radius 1 is 1.25 bits per heavy atom. The molecule has 1 heterocycles. The number of ether oxygens (including phenoxy) is 2. The zero-order chi connectivity index (χ0) is 14.5. The summed E-state index contributed by atoms with van der Waals surface area (Å²) >= 11 is 6.09. The van der Waals surface area contributed by atoms with E-state index in [0.717, 1.165) is 25.9 Å². The van der Waals surface area contributed by atoms with E-state index in [4.69, 9.17) is 21.1 Å². The van der Waals surface area contributed by atoms with Crippen molar-refractivity contribution < 1.29 is 14.3 Å². The number of nitrogens with one attached hydrogen (secondary N) is 2. The number of benzene rings is 1. The molecule has 20 heavy (non-hydrogen) atoms. The molecule has 1 fully saturated rings. The summed E-state index contributed by atoms with van der Waals surface area (Å²) in [4.78, 5) is 12.2. The van der Waals surface area contributed by atoms with Gasteiger partial charge in [-0.3, -0.25) is 4.79 Å². The topological polar surface area (TPSA) is 59.6 Å². The SMILES string of the molecule is COc1cc(OC)c(NC(=O)C2CCNCC2)cc1Cl. The van der Waals surface area contributed by atoms with Gasteiger partial charge in [0, 0.05) is 12.0 Å². The van der Waals surface area contributed by atoms with Gasteiger partial charge in [-0.05, 0) is 32.0 Å². The van der Waals surface area contributed by atoms with Gasteiger partial charge in [-0.2, -0.15) is 0 Å². The maximum Gasteiger partial charge on any atom is 0.227 e. The molecule has 1 aliphatic heterocycles. The Hall–Kier alpha value is -1.46. The Bertz CT molecular complexity index is 488. The van der Waals surface area contributed by atoms with Gasteiger partial charge in [-0.25, -0.2) is 0 Å². The first-order valence-electron chi connectivity index (χ1n) is 6.58. The van der Waals surface area contributed by atoms with Crippen LogP contribution < -0.4 is 20.1 Å². The molecule has 0 aliphatic carbocycles. The highest BCUT2D eigenvalue weighted by Gasteiger charge is 2.22. The van der Waals surface area contributed by atoms with Crippen molar-refractivity contribution in [2.45, 2.75) is 12.8 Å². The van der Waals surface area contributed by atoms with Gasteiger partial charge >= 0.3 is 0 Å². The van der Waals surface area contributed by atoms with Crippen molar-refractivity contribution in [3.8, 4) is 11.5 Å². The molecule has 0 spiro atoms. The summed E-state index contributed by atoms with van der Waals surface area (Å²) in [6.45, 7) is 1.75. The number of piperidine rings is 1. The normalized spacial score (nSPS) is 15.8. The van der Waals surface area contributed by atoms with Gasteiger partial charge < -0.3 is 20.1 Å². The van der Waals surface area contributed by atoms with Crippen molar-refractivity contribution in [1.82, 2.24) is 5.32 Å². The van der Waals surface area contributed by atoms with Crippen LogP contribution in [0.5, 0.6) is 11.5 Å². The number of methoxy groups -OCH3 is 2. The summed E-state index contributed by atoms with van der Waals surface area (Å²) in [5, 5.41) is 6.57. The van der Waals surface area contributed by atoms with Crippen molar-refractivity contribution in [2.75, 3.05) is 32.6 Å². The van der Waals surface area contributed by atoms with Crippen LogP contribution in [-0.2, 0) is 4.79 Å². The monoisotopic (exact) mass is 298 g/mol. The molecule has 1 aromatic carbocycles. The average Bonchev–Trinajstić information content (AvgIpc) is 2.48. The highest BCUT2D eigenvalue weighted by atomic mass is 35.5. The van der Waals surface area contributed by atoms with Crippen LogP contribution in [0.2, 0.25) is 5.02 Å². The smallest absolute Gasteiger partial charge is 0.227 e. The Kier molecular flexibility index (Phi) is 5.09. The van der Waals surface area contributed by atoms with E-state index in [0.29, 0.717) is 22.2 Å². The van der Waals surface area contributed by atoms with Crippen LogP contribution >= 0.6 is 11.6 Å². The van der Waals surface area contributed by atoms with E-state index in [1.54, 1.807) is 19.2 Å². The predicted octanol–water partition coefficient (Wildman–Crippen LogP) is 2.30. The molecule has 110 valence electrons. The van der Waals surface area contributed by atoms with Crippen LogP contribution in [0.25, 0.3) is 0 Å². The number of hydrogen-bond acceptors (Lipinski definition) is 4. The van der Waals surface area contributed by atoms with Gasteiger partial charge in [-0.15, -0.1) is 0 Å². The van der Waals surface area contributed by atoms with E-state index in [2.05, 4.69) is 10.6 Å².